The Labute approximate surface area is 120 Å². The summed E-state index contributed by atoms with van der Waals surface area (Å²) in [5.41, 5.74) is 2.88. The molecule has 1 atom stereocenters. The summed E-state index contributed by atoms with van der Waals surface area (Å²) in [6.45, 7) is 4.49. The van der Waals surface area contributed by atoms with Crippen LogP contribution < -0.4 is 4.90 Å². The van der Waals surface area contributed by atoms with E-state index in [4.69, 9.17) is 9.72 Å². The van der Waals surface area contributed by atoms with Crippen LogP contribution in [-0.2, 0) is 4.74 Å². The zero-order valence-corrected chi connectivity index (χ0v) is 12.4. The number of nitrogens with zero attached hydrogens (tertiary/aromatic N) is 3. The number of aryl methyl sites for hydroxylation is 1. The van der Waals surface area contributed by atoms with Gasteiger partial charge in [0.15, 0.2) is 5.82 Å². The molecule has 0 amide bonds. The van der Waals surface area contributed by atoms with Crippen molar-refractivity contribution in [3.63, 3.8) is 0 Å². The van der Waals surface area contributed by atoms with Crippen LogP contribution in [0.25, 0.3) is 11.0 Å². The molecule has 3 rings (SSSR count). The minimum atomic E-state index is 0.224. The predicted octanol–water partition coefficient (Wildman–Crippen LogP) is 2.54. The Morgan fingerprint density at radius 3 is 2.79 bits per heavy atom. The van der Waals surface area contributed by atoms with Gasteiger partial charge in [-0.3, -0.25) is 0 Å². The molecule has 1 aromatic heterocycles. The summed E-state index contributed by atoms with van der Waals surface area (Å²) in [5, 5.41) is 0.851. The van der Waals surface area contributed by atoms with Crippen molar-refractivity contribution in [3.8, 4) is 0 Å². The van der Waals surface area contributed by atoms with Gasteiger partial charge in [0.05, 0.1) is 29.4 Å². The number of benzene rings is 1. The second-order valence-electron chi connectivity index (χ2n) is 4.71. The van der Waals surface area contributed by atoms with E-state index in [1.165, 1.54) is 0 Å². The minimum Gasteiger partial charge on any atom is -0.374 e. The van der Waals surface area contributed by atoms with Crippen LogP contribution in [0.4, 0.5) is 5.82 Å². The Kier molecular flexibility index (Phi) is 3.66. The molecule has 0 aliphatic carbocycles. The monoisotopic (exact) mass is 321 g/mol. The molecule has 1 aromatic carbocycles. The van der Waals surface area contributed by atoms with E-state index in [9.17, 15) is 0 Å². The lowest BCUT2D eigenvalue weighted by molar-refractivity contribution is 0.0567. The molecule has 19 heavy (non-hydrogen) atoms. The van der Waals surface area contributed by atoms with E-state index in [-0.39, 0.29) is 6.10 Å². The number of para-hydroxylation sites is 2. The van der Waals surface area contributed by atoms with Crippen LogP contribution in [0.2, 0.25) is 0 Å². The molecule has 1 aliphatic heterocycles. The van der Waals surface area contributed by atoms with Crippen molar-refractivity contribution in [2.24, 2.45) is 0 Å². The van der Waals surface area contributed by atoms with E-state index >= 15 is 0 Å². The lowest BCUT2D eigenvalue weighted by Gasteiger charge is -2.33. The maximum absolute atomic E-state index is 5.67. The number of ether oxygens (including phenoxy) is 1. The lowest BCUT2D eigenvalue weighted by Crippen LogP contribution is -2.44. The Morgan fingerprint density at radius 2 is 2.05 bits per heavy atom. The SMILES string of the molecule is Cc1nc2ccccc2nc1N1CCOC(CBr)C1. The molecule has 0 bridgehead atoms. The first-order valence-corrected chi connectivity index (χ1v) is 7.56. The Morgan fingerprint density at radius 1 is 1.32 bits per heavy atom. The average Bonchev–Trinajstić information content (AvgIpc) is 2.46. The molecular formula is C14H16BrN3O. The number of morpholine rings is 1. The van der Waals surface area contributed by atoms with Gasteiger partial charge in [0.25, 0.3) is 0 Å². The molecule has 5 heteroatoms. The first-order chi connectivity index (χ1) is 9.28. The van der Waals surface area contributed by atoms with Gasteiger partial charge in [-0.2, -0.15) is 0 Å². The van der Waals surface area contributed by atoms with Gasteiger partial charge in [-0.25, -0.2) is 9.97 Å². The van der Waals surface area contributed by atoms with Crippen molar-refractivity contribution in [3.05, 3.63) is 30.0 Å². The molecule has 2 aromatic rings. The highest BCUT2D eigenvalue weighted by Gasteiger charge is 2.22. The van der Waals surface area contributed by atoms with Gasteiger partial charge in [-0.05, 0) is 19.1 Å². The second kappa shape index (κ2) is 5.43. The summed E-state index contributed by atoms with van der Waals surface area (Å²) < 4.78 is 5.67. The van der Waals surface area contributed by atoms with Crippen molar-refractivity contribution >= 4 is 32.8 Å². The highest BCUT2D eigenvalue weighted by molar-refractivity contribution is 9.09. The van der Waals surface area contributed by atoms with Crippen LogP contribution >= 0.6 is 15.9 Å². The van der Waals surface area contributed by atoms with Gasteiger partial charge in [-0.15, -0.1) is 0 Å². The topological polar surface area (TPSA) is 38.2 Å². The Bertz CT molecular complexity index is 590. The van der Waals surface area contributed by atoms with E-state index in [0.29, 0.717) is 0 Å². The smallest absolute Gasteiger partial charge is 0.150 e. The van der Waals surface area contributed by atoms with E-state index in [1.54, 1.807) is 0 Å². The van der Waals surface area contributed by atoms with Crippen molar-refractivity contribution in [1.29, 1.82) is 0 Å². The fraction of sp³-hybridized carbons (Fsp3) is 0.429. The van der Waals surface area contributed by atoms with E-state index in [2.05, 4.69) is 25.8 Å². The van der Waals surface area contributed by atoms with Gasteiger partial charge >= 0.3 is 0 Å². The second-order valence-corrected chi connectivity index (χ2v) is 5.36. The molecular weight excluding hydrogens is 306 g/mol. The number of fused-ring (bicyclic) bond motifs is 1. The maximum Gasteiger partial charge on any atom is 0.150 e. The Balaban J connectivity index is 1.97. The van der Waals surface area contributed by atoms with Crippen LogP contribution in [0.3, 0.4) is 0 Å². The molecule has 1 unspecified atom stereocenters. The molecule has 0 N–H and O–H groups in total. The molecule has 4 nitrogen and oxygen atoms in total. The highest BCUT2D eigenvalue weighted by atomic mass is 79.9. The fourth-order valence-corrected chi connectivity index (χ4v) is 2.78. The van der Waals surface area contributed by atoms with Crippen LogP contribution in [0.1, 0.15) is 5.69 Å². The third kappa shape index (κ3) is 2.58. The standard InChI is InChI=1S/C14H16BrN3O/c1-10-14(18-6-7-19-11(8-15)9-18)17-13-5-3-2-4-12(13)16-10/h2-5,11H,6-9H2,1H3. The number of alkyl halides is 1. The zero-order chi connectivity index (χ0) is 13.2. The fourth-order valence-electron chi connectivity index (χ4n) is 2.38. The number of rotatable bonds is 2. The summed E-state index contributed by atoms with van der Waals surface area (Å²) >= 11 is 3.48. The van der Waals surface area contributed by atoms with E-state index < -0.39 is 0 Å². The third-order valence-electron chi connectivity index (χ3n) is 3.33. The van der Waals surface area contributed by atoms with Gasteiger partial charge in [0.1, 0.15) is 0 Å². The average molecular weight is 322 g/mol. The number of anilines is 1. The van der Waals surface area contributed by atoms with Crippen LogP contribution in [0.5, 0.6) is 0 Å². The van der Waals surface area contributed by atoms with Crippen molar-refractivity contribution in [2.45, 2.75) is 13.0 Å². The zero-order valence-electron chi connectivity index (χ0n) is 10.8. The number of hydrogen-bond donors (Lipinski definition) is 0. The largest absolute Gasteiger partial charge is 0.374 e. The van der Waals surface area contributed by atoms with Crippen LogP contribution in [0.15, 0.2) is 24.3 Å². The van der Waals surface area contributed by atoms with Crippen molar-refractivity contribution in [1.82, 2.24) is 9.97 Å². The summed E-state index contributed by atoms with van der Waals surface area (Å²) in [7, 11) is 0. The lowest BCUT2D eigenvalue weighted by atomic mass is 10.2. The van der Waals surface area contributed by atoms with Gasteiger partial charge in [0.2, 0.25) is 0 Å². The minimum absolute atomic E-state index is 0.224. The highest BCUT2D eigenvalue weighted by Crippen LogP contribution is 2.22. The maximum atomic E-state index is 5.67. The summed E-state index contributed by atoms with van der Waals surface area (Å²) in [5.74, 6) is 0.980. The summed E-state index contributed by atoms with van der Waals surface area (Å²) in [6.07, 6.45) is 0.224. The Hall–Kier alpha value is -1.20. The molecule has 0 saturated carbocycles. The van der Waals surface area contributed by atoms with Crippen molar-refractivity contribution < 1.29 is 4.74 Å². The molecule has 100 valence electrons. The summed E-state index contributed by atoms with van der Waals surface area (Å²) in [6, 6.07) is 8.00. The first-order valence-electron chi connectivity index (χ1n) is 6.44. The van der Waals surface area contributed by atoms with E-state index in [0.717, 1.165) is 47.6 Å². The van der Waals surface area contributed by atoms with Crippen LogP contribution in [-0.4, -0.2) is 41.1 Å². The summed E-state index contributed by atoms with van der Waals surface area (Å²) in [4.78, 5) is 11.7. The van der Waals surface area contributed by atoms with Gasteiger partial charge in [-0.1, -0.05) is 28.1 Å². The molecule has 0 radical (unpaired) electrons. The number of halogens is 1. The quantitative estimate of drug-likeness (QED) is 0.797. The normalized spacial score (nSPS) is 19.9. The molecule has 0 spiro atoms. The van der Waals surface area contributed by atoms with Crippen molar-refractivity contribution in [2.75, 3.05) is 29.9 Å². The van der Waals surface area contributed by atoms with Crippen LogP contribution in [0, 0.1) is 6.92 Å². The molecule has 1 aliphatic rings. The molecule has 1 saturated heterocycles. The van der Waals surface area contributed by atoms with Gasteiger partial charge < -0.3 is 9.64 Å². The third-order valence-corrected chi connectivity index (χ3v) is 4.05. The number of hydrogen-bond acceptors (Lipinski definition) is 4. The predicted molar refractivity (Wildman–Crippen MR) is 80.0 cm³/mol. The first kappa shape index (κ1) is 12.8. The number of aromatic nitrogens is 2. The molecule has 2 heterocycles. The van der Waals surface area contributed by atoms with E-state index in [1.807, 2.05) is 31.2 Å². The van der Waals surface area contributed by atoms with Gasteiger partial charge in [0, 0.05) is 18.4 Å². The molecule has 1 fully saturated rings.